The van der Waals surface area contributed by atoms with E-state index in [2.05, 4.69) is 5.32 Å². The average Bonchev–Trinajstić information content (AvgIpc) is 3.03. The van der Waals surface area contributed by atoms with Gasteiger partial charge in [-0.3, -0.25) is 4.79 Å². The van der Waals surface area contributed by atoms with Crippen LogP contribution in [-0.4, -0.2) is 54.0 Å². The van der Waals surface area contributed by atoms with E-state index in [1.807, 2.05) is 18.9 Å². The number of likely N-dealkylation sites (tertiary alicyclic amines) is 1. The molecule has 3 amide bonds. The first-order valence-corrected chi connectivity index (χ1v) is 7.00. The third-order valence-corrected chi connectivity index (χ3v) is 4.29. The van der Waals surface area contributed by atoms with Crippen LogP contribution in [0.4, 0.5) is 4.79 Å². The van der Waals surface area contributed by atoms with Gasteiger partial charge < -0.3 is 19.5 Å². The zero-order chi connectivity index (χ0) is 14.3. The zero-order valence-electron chi connectivity index (χ0n) is 11.8. The van der Waals surface area contributed by atoms with Crippen molar-refractivity contribution < 1.29 is 14.0 Å². The fourth-order valence-corrected chi connectivity index (χ4v) is 3.12. The maximum atomic E-state index is 12.5. The molecule has 2 saturated heterocycles. The molecule has 2 atom stereocenters. The normalized spacial score (nSPS) is 25.6. The first-order valence-electron chi connectivity index (χ1n) is 7.00. The average molecular weight is 277 g/mol. The maximum absolute atomic E-state index is 12.5. The number of nitrogens with one attached hydrogen (secondary N) is 1. The van der Waals surface area contributed by atoms with E-state index in [4.69, 9.17) is 4.42 Å². The first-order chi connectivity index (χ1) is 9.61. The molecule has 0 aliphatic carbocycles. The van der Waals surface area contributed by atoms with Crippen LogP contribution in [0.25, 0.3) is 0 Å². The first kappa shape index (κ1) is 13.0. The van der Waals surface area contributed by atoms with Gasteiger partial charge in [-0.25, -0.2) is 4.79 Å². The van der Waals surface area contributed by atoms with Crippen LogP contribution < -0.4 is 5.32 Å². The molecule has 6 heteroatoms. The van der Waals surface area contributed by atoms with Gasteiger partial charge in [0, 0.05) is 26.6 Å². The minimum absolute atomic E-state index is 0.00199. The van der Waals surface area contributed by atoms with Crippen molar-refractivity contribution >= 4 is 11.9 Å². The quantitative estimate of drug-likeness (QED) is 0.879. The number of carbonyl (C=O) groups is 2. The van der Waals surface area contributed by atoms with Crippen molar-refractivity contribution in [2.24, 2.45) is 0 Å². The minimum Gasteiger partial charge on any atom is -0.469 e. The van der Waals surface area contributed by atoms with Crippen molar-refractivity contribution in [2.75, 3.05) is 20.1 Å². The van der Waals surface area contributed by atoms with Crippen molar-refractivity contribution in [3.05, 3.63) is 23.7 Å². The lowest BCUT2D eigenvalue weighted by atomic mass is 9.99. The van der Waals surface area contributed by atoms with Crippen LogP contribution in [0.3, 0.4) is 0 Å². The van der Waals surface area contributed by atoms with Gasteiger partial charge in [0.15, 0.2) is 0 Å². The fraction of sp³-hybridized carbons (Fsp3) is 0.571. The van der Waals surface area contributed by atoms with Gasteiger partial charge >= 0.3 is 6.03 Å². The van der Waals surface area contributed by atoms with Crippen molar-refractivity contribution in [1.82, 2.24) is 15.1 Å². The Bertz CT molecular complexity index is 540. The lowest BCUT2D eigenvalue weighted by Crippen LogP contribution is -2.52. The number of hydrogen-bond acceptors (Lipinski definition) is 3. The lowest BCUT2D eigenvalue weighted by Gasteiger charge is -2.35. The Morgan fingerprint density at radius 2 is 2.35 bits per heavy atom. The highest BCUT2D eigenvalue weighted by Crippen LogP contribution is 2.23. The highest BCUT2D eigenvalue weighted by Gasteiger charge is 2.42. The molecule has 1 aromatic heterocycles. The van der Waals surface area contributed by atoms with E-state index >= 15 is 0 Å². The molecule has 2 fully saturated rings. The number of rotatable bonds is 2. The smallest absolute Gasteiger partial charge is 0.317 e. The Hall–Kier alpha value is -1.98. The predicted molar refractivity (Wildman–Crippen MR) is 72.5 cm³/mol. The third kappa shape index (κ3) is 1.95. The van der Waals surface area contributed by atoms with Crippen LogP contribution in [-0.2, 0) is 6.42 Å². The summed E-state index contributed by atoms with van der Waals surface area (Å²) >= 11 is 0. The van der Waals surface area contributed by atoms with Crippen molar-refractivity contribution in [3.63, 3.8) is 0 Å². The third-order valence-electron chi connectivity index (χ3n) is 4.29. The van der Waals surface area contributed by atoms with Crippen LogP contribution in [0.1, 0.15) is 29.5 Å². The molecular formula is C14H19N3O3. The summed E-state index contributed by atoms with van der Waals surface area (Å²) in [5.41, 5.74) is 0.642. The Morgan fingerprint density at radius 1 is 1.55 bits per heavy atom. The molecule has 3 heterocycles. The van der Waals surface area contributed by atoms with E-state index in [0.717, 1.165) is 12.2 Å². The summed E-state index contributed by atoms with van der Waals surface area (Å²) in [5.74, 6) is 0.725. The number of hydrogen-bond donors (Lipinski definition) is 1. The van der Waals surface area contributed by atoms with Crippen molar-refractivity contribution in [1.29, 1.82) is 0 Å². The monoisotopic (exact) mass is 277 g/mol. The molecule has 108 valence electrons. The number of carbonyl (C=O) groups excluding carboxylic acids is 2. The van der Waals surface area contributed by atoms with Crippen LogP contribution >= 0.6 is 0 Å². The van der Waals surface area contributed by atoms with E-state index in [1.54, 1.807) is 17.2 Å². The zero-order valence-corrected chi connectivity index (χ0v) is 11.8. The number of aryl methyl sites for hydroxylation is 1. The fourth-order valence-electron chi connectivity index (χ4n) is 3.12. The molecule has 0 spiro atoms. The minimum atomic E-state index is -0.0492. The summed E-state index contributed by atoms with van der Waals surface area (Å²) < 4.78 is 5.32. The summed E-state index contributed by atoms with van der Waals surface area (Å²) in [5, 5.41) is 2.93. The van der Waals surface area contributed by atoms with Gasteiger partial charge in [0.25, 0.3) is 5.91 Å². The topological polar surface area (TPSA) is 65.8 Å². The number of furan rings is 1. The maximum Gasteiger partial charge on any atom is 0.317 e. The van der Waals surface area contributed by atoms with Gasteiger partial charge in [-0.15, -0.1) is 0 Å². The molecule has 1 N–H and O–H groups in total. The van der Waals surface area contributed by atoms with Gasteiger partial charge in [-0.1, -0.05) is 6.92 Å². The molecule has 0 aromatic carbocycles. The van der Waals surface area contributed by atoms with E-state index in [9.17, 15) is 9.59 Å². The van der Waals surface area contributed by atoms with Gasteiger partial charge in [0.1, 0.15) is 5.76 Å². The number of urea groups is 1. The molecule has 0 radical (unpaired) electrons. The van der Waals surface area contributed by atoms with Gasteiger partial charge in [-0.2, -0.15) is 0 Å². The Morgan fingerprint density at radius 3 is 3.10 bits per heavy atom. The summed E-state index contributed by atoms with van der Waals surface area (Å²) in [6.45, 7) is 3.20. The van der Waals surface area contributed by atoms with E-state index in [-0.39, 0.29) is 24.0 Å². The SMILES string of the molecule is CCc1occc1C(=O)N1CC[C@H]2[C@@H](C1)NC(=O)N2C. The Balaban J connectivity index is 1.74. The summed E-state index contributed by atoms with van der Waals surface area (Å²) in [6, 6.07) is 1.91. The van der Waals surface area contributed by atoms with E-state index in [0.29, 0.717) is 25.1 Å². The van der Waals surface area contributed by atoms with Crippen molar-refractivity contribution in [3.8, 4) is 0 Å². The second-order valence-electron chi connectivity index (χ2n) is 5.39. The second kappa shape index (κ2) is 4.85. The number of nitrogens with zero attached hydrogens (tertiary/aromatic N) is 2. The number of likely N-dealkylation sites (N-methyl/N-ethyl adjacent to an activating group) is 1. The molecule has 6 nitrogen and oxygen atoms in total. The van der Waals surface area contributed by atoms with E-state index in [1.165, 1.54) is 0 Å². The molecule has 2 aliphatic heterocycles. The van der Waals surface area contributed by atoms with Crippen LogP contribution in [0.15, 0.2) is 16.7 Å². The number of amides is 3. The van der Waals surface area contributed by atoms with Crippen LogP contribution in [0, 0.1) is 0 Å². The second-order valence-corrected chi connectivity index (χ2v) is 5.39. The van der Waals surface area contributed by atoms with Crippen LogP contribution in [0.5, 0.6) is 0 Å². The number of fused-ring (bicyclic) bond motifs is 1. The molecule has 0 bridgehead atoms. The van der Waals surface area contributed by atoms with E-state index < -0.39 is 0 Å². The summed E-state index contributed by atoms with van der Waals surface area (Å²) in [6.07, 6.45) is 3.07. The van der Waals surface area contributed by atoms with Crippen molar-refractivity contribution in [2.45, 2.75) is 31.8 Å². The molecule has 0 unspecified atom stereocenters. The molecule has 2 aliphatic rings. The Kier molecular flexibility index (Phi) is 3.16. The van der Waals surface area contributed by atoms with Gasteiger partial charge in [0.2, 0.25) is 0 Å². The summed E-state index contributed by atoms with van der Waals surface area (Å²) in [7, 11) is 1.81. The lowest BCUT2D eigenvalue weighted by molar-refractivity contribution is 0.0664. The highest BCUT2D eigenvalue weighted by molar-refractivity contribution is 5.95. The molecule has 0 saturated carbocycles. The highest BCUT2D eigenvalue weighted by atomic mass is 16.3. The molecular weight excluding hydrogens is 258 g/mol. The Labute approximate surface area is 117 Å². The predicted octanol–water partition coefficient (Wildman–Crippen LogP) is 1.08. The standard InChI is InChI=1S/C14H19N3O3/c1-3-12-9(5-7-20-12)13(18)17-6-4-11-10(8-17)15-14(19)16(11)2/h5,7,10-11H,3-4,6,8H2,1-2H3,(H,15,19)/t10-,11+/m1/s1. The summed E-state index contributed by atoms with van der Waals surface area (Å²) in [4.78, 5) is 27.7. The number of piperidine rings is 1. The largest absolute Gasteiger partial charge is 0.469 e. The van der Waals surface area contributed by atoms with Gasteiger partial charge in [-0.05, 0) is 12.5 Å². The van der Waals surface area contributed by atoms with Crippen LogP contribution in [0.2, 0.25) is 0 Å². The molecule has 20 heavy (non-hydrogen) atoms. The van der Waals surface area contributed by atoms with Gasteiger partial charge in [0.05, 0.1) is 23.9 Å². The molecule has 1 aromatic rings. The molecule has 3 rings (SSSR count).